The molecule has 122 valence electrons. The van der Waals surface area contributed by atoms with Crippen LogP contribution in [0.4, 0.5) is 13.2 Å². The second-order valence-corrected chi connectivity index (χ2v) is 5.25. The van der Waals surface area contributed by atoms with Gasteiger partial charge in [0.2, 0.25) is 11.8 Å². The molecule has 1 aromatic rings. The molecule has 1 aliphatic rings. The number of carbonyl (C=O) groups is 1. The number of nitrogens with zero attached hydrogens (tertiary/aromatic N) is 1. The van der Waals surface area contributed by atoms with Gasteiger partial charge in [-0.15, -0.1) is 0 Å². The zero-order valence-corrected chi connectivity index (χ0v) is 12.2. The predicted octanol–water partition coefficient (Wildman–Crippen LogP) is 1.63. The van der Waals surface area contributed by atoms with Gasteiger partial charge in [-0.2, -0.15) is 13.2 Å². The van der Waals surface area contributed by atoms with Gasteiger partial charge in [0.05, 0.1) is 18.4 Å². The van der Waals surface area contributed by atoms with Crippen LogP contribution in [0.3, 0.4) is 0 Å². The fourth-order valence-corrected chi connectivity index (χ4v) is 2.40. The van der Waals surface area contributed by atoms with E-state index in [1.807, 2.05) is 0 Å². The van der Waals surface area contributed by atoms with Crippen molar-refractivity contribution >= 4 is 17.5 Å². The van der Waals surface area contributed by atoms with E-state index < -0.39 is 23.9 Å². The first-order valence-corrected chi connectivity index (χ1v) is 7.06. The van der Waals surface area contributed by atoms with Crippen molar-refractivity contribution in [3.05, 3.63) is 23.4 Å². The van der Waals surface area contributed by atoms with E-state index >= 15 is 0 Å². The van der Waals surface area contributed by atoms with Gasteiger partial charge >= 0.3 is 6.18 Å². The van der Waals surface area contributed by atoms with Crippen molar-refractivity contribution in [1.82, 2.24) is 15.6 Å². The molecule has 0 aliphatic carbocycles. The average Bonchev–Trinajstić information content (AvgIpc) is 2.94. The molecule has 2 N–H and O–H groups in total. The van der Waals surface area contributed by atoms with Gasteiger partial charge in [-0.1, -0.05) is 11.6 Å². The number of halogens is 4. The molecule has 0 saturated carbocycles. The molecule has 2 atom stereocenters. The second-order valence-electron chi connectivity index (χ2n) is 4.84. The average molecular weight is 338 g/mol. The maximum absolute atomic E-state index is 12.8. The molecule has 22 heavy (non-hydrogen) atoms. The smallest absolute Gasteiger partial charge is 0.393 e. The standard InChI is InChI=1S/C13H15ClF3N3O2/c14-10-2-1-3-20-12(10)22-5-4-19-11(21)8-6-18-7-9(8)13(15,16)17/h1-3,8-9,18H,4-7H2,(H,19,21)/t8-,9-/m1/s1. The first-order valence-electron chi connectivity index (χ1n) is 6.68. The molecule has 1 aliphatic heterocycles. The van der Waals surface area contributed by atoms with Gasteiger partial charge in [0.25, 0.3) is 0 Å². The summed E-state index contributed by atoms with van der Waals surface area (Å²) in [6, 6.07) is 3.24. The van der Waals surface area contributed by atoms with E-state index in [9.17, 15) is 18.0 Å². The van der Waals surface area contributed by atoms with E-state index in [-0.39, 0.29) is 32.1 Å². The molecule has 0 radical (unpaired) electrons. The minimum Gasteiger partial charge on any atom is -0.475 e. The third-order valence-electron chi connectivity index (χ3n) is 3.34. The third kappa shape index (κ3) is 4.23. The summed E-state index contributed by atoms with van der Waals surface area (Å²) in [5.74, 6) is -3.19. The van der Waals surface area contributed by atoms with E-state index in [1.54, 1.807) is 12.1 Å². The van der Waals surface area contributed by atoms with Crippen molar-refractivity contribution < 1.29 is 22.7 Å². The van der Waals surface area contributed by atoms with E-state index in [4.69, 9.17) is 16.3 Å². The van der Waals surface area contributed by atoms with Crippen LogP contribution in [0.15, 0.2) is 18.3 Å². The molecule has 1 saturated heterocycles. The lowest BCUT2D eigenvalue weighted by Crippen LogP contribution is -2.41. The summed E-state index contributed by atoms with van der Waals surface area (Å²) in [5, 5.41) is 5.36. The maximum atomic E-state index is 12.8. The van der Waals surface area contributed by atoms with E-state index in [0.717, 1.165) is 0 Å². The summed E-state index contributed by atoms with van der Waals surface area (Å²) < 4.78 is 43.5. The minimum absolute atomic E-state index is 0.0168. The predicted molar refractivity (Wildman–Crippen MR) is 73.7 cm³/mol. The van der Waals surface area contributed by atoms with Crippen molar-refractivity contribution in [2.45, 2.75) is 6.18 Å². The molecule has 0 spiro atoms. The van der Waals surface area contributed by atoms with Gasteiger partial charge in [0.1, 0.15) is 11.6 Å². The lowest BCUT2D eigenvalue weighted by Gasteiger charge is -2.20. The molecule has 9 heteroatoms. The fraction of sp³-hybridized carbons (Fsp3) is 0.538. The van der Waals surface area contributed by atoms with Crippen molar-refractivity contribution in [3.8, 4) is 5.88 Å². The van der Waals surface area contributed by atoms with Gasteiger partial charge in [-0.25, -0.2) is 4.98 Å². The number of hydrogen-bond donors (Lipinski definition) is 2. The van der Waals surface area contributed by atoms with Crippen LogP contribution in [-0.4, -0.2) is 43.3 Å². The van der Waals surface area contributed by atoms with Crippen LogP contribution in [-0.2, 0) is 4.79 Å². The van der Waals surface area contributed by atoms with Crippen molar-refractivity contribution in [1.29, 1.82) is 0 Å². The first kappa shape index (κ1) is 16.8. The highest BCUT2D eigenvalue weighted by atomic mass is 35.5. The molecular weight excluding hydrogens is 323 g/mol. The summed E-state index contributed by atoms with van der Waals surface area (Å²) in [5.41, 5.74) is 0. The SMILES string of the molecule is O=C(NCCOc1ncccc1Cl)[C@@H]1CNC[C@H]1C(F)(F)F. The summed E-state index contributed by atoms with van der Waals surface area (Å²) in [7, 11) is 0. The van der Waals surface area contributed by atoms with E-state index in [2.05, 4.69) is 15.6 Å². The molecule has 1 fully saturated rings. The van der Waals surface area contributed by atoms with Crippen molar-refractivity contribution in [2.75, 3.05) is 26.2 Å². The van der Waals surface area contributed by atoms with Gasteiger partial charge in [-0.05, 0) is 12.1 Å². The van der Waals surface area contributed by atoms with Crippen LogP contribution in [0, 0.1) is 11.8 Å². The number of ether oxygens (including phenoxy) is 1. The number of carbonyl (C=O) groups excluding carboxylic acids is 1. The number of aromatic nitrogens is 1. The summed E-state index contributed by atoms with van der Waals surface area (Å²) in [4.78, 5) is 15.7. The molecule has 2 rings (SSSR count). The van der Waals surface area contributed by atoms with Crippen LogP contribution in [0.2, 0.25) is 5.02 Å². The van der Waals surface area contributed by atoms with Crippen LogP contribution in [0.5, 0.6) is 5.88 Å². The first-order chi connectivity index (χ1) is 10.4. The number of amides is 1. The Labute approximate surface area is 130 Å². The van der Waals surface area contributed by atoms with Crippen LogP contribution in [0.25, 0.3) is 0 Å². The van der Waals surface area contributed by atoms with Gasteiger partial charge in [0.15, 0.2) is 0 Å². The third-order valence-corrected chi connectivity index (χ3v) is 3.62. The molecule has 0 unspecified atom stereocenters. The molecule has 0 bridgehead atoms. The lowest BCUT2D eigenvalue weighted by atomic mass is 9.94. The zero-order valence-electron chi connectivity index (χ0n) is 11.5. The maximum Gasteiger partial charge on any atom is 0.393 e. The molecule has 1 aromatic heterocycles. The number of alkyl halides is 3. The fourth-order valence-electron chi connectivity index (χ4n) is 2.23. The Morgan fingerprint density at radius 1 is 1.50 bits per heavy atom. The van der Waals surface area contributed by atoms with Gasteiger partial charge in [-0.3, -0.25) is 4.79 Å². The minimum atomic E-state index is -4.39. The topological polar surface area (TPSA) is 63.2 Å². The van der Waals surface area contributed by atoms with Crippen LogP contribution < -0.4 is 15.4 Å². The quantitative estimate of drug-likeness (QED) is 0.802. The monoisotopic (exact) mass is 337 g/mol. The summed E-state index contributed by atoms with van der Waals surface area (Å²) >= 11 is 5.83. The normalized spacial score (nSPS) is 21.6. The van der Waals surface area contributed by atoms with Crippen LogP contribution >= 0.6 is 11.6 Å². The van der Waals surface area contributed by atoms with E-state index in [0.29, 0.717) is 5.02 Å². The summed E-state index contributed by atoms with van der Waals surface area (Å²) in [6.45, 7) is -0.0727. The Morgan fingerprint density at radius 3 is 2.95 bits per heavy atom. The summed E-state index contributed by atoms with van der Waals surface area (Å²) in [6.07, 6.45) is -2.89. The molecular formula is C13H15ClF3N3O2. The van der Waals surface area contributed by atoms with E-state index in [1.165, 1.54) is 6.20 Å². The Bertz CT molecular complexity index is 527. The van der Waals surface area contributed by atoms with Crippen molar-refractivity contribution in [3.63, 3.8) is 0 Å². The Balaban J connectivity index is 1.77. The number of nitrogens with one attached hydrogen (secondary N) is 2. The van der Waals surface area contributed by atoms with Gasteiger partial charge < -0.3 is 15.4 Å². The van der Waals surface area contributed by atoms with Crippen LogP contribution in [0.1, 0.15) is 0 Å². The van der Waals surface area contributed by atoms with Crippen molar-refractivity contribution in [2.24, 2.45) is 11.8 Å². The number of rotatable bonds is 5. The van der Waals surface area contributed by atoms with Gasteiger partial charge in [0, 0.05) is 19.3 Å². The molecule has 5 nitrogen and oxygen atoms in total. The highest BCUT2D eigenvalue weighted by Crippen LogP contribution is 2.34. The second kappa shape index (κ2) is 7.15. The number of pyridine rings is 1. The largest absolute Gasteiger partial charge is 0.475 e. The molecule has 2 heterocycles. The highest BCUT2D eigenvalue weighted by Gasteiger charge is 2.49. The Morgan fingerprint density at radius 2 is 2.27 bits per heavy atom. The molecule has 1 amide bonds. The lowest BCUT2D eigenvalue weighted by molar-refractivity contribution is -0.182. The number of hydrogen-bond acceptors (Lipinski definition) is 4. The molecule has 0 aromatic carbocycles. The Kier molecular flexibility index (Phi) is 5.47. The Hall–Kier alpha value is -1.54. The highest BCUT2D eigenvalue weighted by molar-refractivity contribution is 6.31. The zero-order chi connectivity index (χ0) is 16.2.